The van der Waals surface area contributed by atoms with Crippen LogP contribution in [0, 0.1) is 11.8 Å². The normalized spacial score (nSPS) is 18.3. The van der Waals surface area contributed by atoms with Crippen molar-refractivity contribution in [2.75, 3.05) is 39.6 Å². The predicted octanol–water partition coefficient (Wildman–Crippen LogP) is 2.36. The number of carbonyl (C=O) groups excluding carboxylic acids is 2. The Morgan fingerprint density at radius 2 is 2.16 bits per heavy atom. The Balaban J connectivity index is 2.00. The van der Waals surface area contributed by atoms with E-state index in [0.29, 0.717) is 35.3 Å². The largest absolute Gasteiger partial charge is 0.495 e. The maximum atomic E-state index is 12.4. The van der Waals surface area contributed by atoms with Crippen molar-refractivity contribution in [1.82, 2.24) is 10.2 Å². The van der Waals surface area contributed by atoms with Gasteiger partial charge >= 0.3 is 0 Å². The minimum atomic E-state index is -0.102. The van der Waals surface area contributed by atoms with Gasteiger partial charge in [-0.2, -0.15) is 0 Å². The molecule has 0 radical (unpaired) electrons. The van der Waals surface area contributed by atoms with Gasteiger partial charge in [0.1, 0.15) is 5.75 Å². The van der Waals surface area contributed by atoms with Gasteiger partial charge in [-0.25, -0.2) is 0 Å². The zero-order chi connectivity index (χ0) is 18.4. The summed E-state index contributed by atoms with van der Waals surface area (Å²) >= 11 is 0. The van der Waals surface area contributed by atoms with Crippen molar-refractivity contribution < 1.29 is 14.3 Å². The number of rotatable bonds is 6. The maximum absolute atomic E-state index is 12.4. The molecule has 0 saturated carbocycles. The molecule has 1 aromatic rings. The van der Waals surface area contributed by atoms with Gasteiger partial charge in [0.15, 0.2) is 0 Å². The van der Waals surface area contributed by atoms with Gasteiger partial charge < -0.3 is 20.3 Å². The lowest BCUT2D eigenvalue weighted by molar-refractivity contribution is -0.117. The van der Waals surface area contributed by atoms with E-state index in [1.165, 1.54) is 24.9 Å². The molecule has 1 aliphatic rings. The summed E-state index contributed by atoms with van der Waals surface area (Å²) in [5, 5.41) is 6.31. The van der Waals surface area contributed by atoms with Crippen molar-refractivity contribution in [3.8, 4) is 5.75 Å². The molecule has 2 amide bonds. The van der Waals surface area contributed by atoms with Crippen molar-refractivity contribution in [2.45, 2.75) is 26.2 Å². The summed E-state index contributed by atoms with van der Waals surface area (Å²) < 4.78 is 5.34. The van der Waals surface area contributed by atoms with E-state index in [1.807, 2.05) is 0 Å². The van der Waals surface area contributed by atoms with Gasteiger partial charge in [-0.3, -0.25) is 9.59 Å². The Morgan fingerprint density at radius 1 is 1.40 bits per heavy atom. The SMILES string of the molecule is COc1cc(C(=O)N(C)C)ccc1NC(=O)CC(C)C1CCCNC1. The Labute approximate surface area is 149 Å². The summed E-state index contributed by atoms with van der Waals surface area (Å²) in [4.78, 5) is 25.9. The smallest absolute Gasteiger partial charge is 0.253 e. The number of hydrogen-bond acceptors (Lipinski definition) is 4. The molecule has 25 heavy (non-hydrogen) atoms. The molecule has 0 bridgehead atoms. The van der Waals surface area contributed by atoms with Crippen LogP contribution >= 0.6 is 0 Å². The number of hydrogen-bond donors (Lipinski definition) is 2. The molecule has 6 nitrogen and oxygen atoms in total. The molecular weight excluding hydrogens is 318 g/mol. The molecule has 1 aromatic carbocycles. The lowest BCUT2D eigenvalue weighted by atomic mass is 9.85. The van der Waals surface area contributed by atoms with E-state index < -0.39 is 0 Å². The second-order valence-electron chi connectivity index (χ2n) is 6.95. The van der Waals surface area contributed by atoms with Crippen LogP contribution in [0.25, 0.3) is 0 Å². The highest BCUT2D eigenvalue weighted by Gasteiger charge is 2.22. The fraction of sp³-hybridized carbons (Fsp3) is 0.579. The van der Waals surface area contributed by atoms with Crippen LogP contribution < -0.4 is 15.4 Å². The minimum Gasteiger partial charge on any atom is -0.495 e. The van der Waals surface area contributed by atoms with Crippen LogP contribution in [-0.4, -0.2) is 51.0 Å². The van der Waals surface area contributed by atoms with Crippen LogP contribution in [-0.2, 0) is 4.79 Å². The molecular formula is C19H29N3O3. The maximum Gasteiger partial charge on any atom is 0.253 e. The molecule has 0 aliphatic carbocycles. The number of benzene rings is 1. The van der Waals surface area contributed by atoms with E-state index in [2.05, 4.69) is 17.6 Å². The van der Waals surface area contributed by atoms with Crippen LogP contribution in [0.3, 0.4) is 0 Å². The molecule has 2 atom stereocenters. The molecule has 2 rings (SSSR count). The van der Waals surface area contributed by atoms with Crippen molar-refractivity contribution in [1.29, 1.82) is 0 Å². The molecule has 0 aromatic heterocycles. The Kier molecular flexibility index (Phi) is 6.82. The number of anilines is 1. The van der Waals surface area contributed by atoms with Gasteiger partial charge in [0.2, 0.25) is 5.91 Å². The standard InChI is InChI=1S/C19H29N3O3/c1-13(15-6-5-9-20-12-15)10-18(23)21-16-8-7-14(11-17(16)25-4)19(24)22(2)3/h7-8,11,13,15,20H,5-6,9-10,12H2,1-4H3,(H,21,23). The number of nitrogens with zero attached hydrogens (tertiary/aromatic N) is 1. The molecule has 1 aliphatic heterocycles. The van der Waals surface area contributed by atoms with E-state index in [4.69, 9.17) is 4.74 Å². The molecule has 1 heterocycles. The number of nitrogens with one attached hydrogen (secondary N) is 2. The first-order valence-electron chi connectivity index (χ1n) is 8.82. The number of amides is 2. The predicted molar refractivity (Wildman–Crippen MR) is 99.0 cm³/mol. The van der Waals surface area contributed by atoms with Crippen LogP contribution in [0.5, 0.6) is 5.75 Å². The molecule has 2 unspecified atom stereocenters. The van der Waals surface area contributed by atoms with Crippen molar-refractivity contribution in [3.05, 3.63) is 23.8 Å². The molecule has 138 valence electrons. The van der Waals surface area contributed by atoms with E-state index in [9.17, 15) is 9.59 Å². The lowest BCUT2D eigenvalue weighted by Crippen LogP contribution is -2.34. The van der Waals surface area contributed by atoms with Crippen molar-refractivity contribution in [2.24, 2.45) is 11.8 Å². The summed E-state index contributed by atoms with van der Waals surface area (Å²) in [6.07, 6.45) is 2.83. The van der Waals surface area contributed by atoms with Gasteiger partial charge in [0, 0.05) is 26.1 Å². The third-order valence-corrected chi connectivity index (χ3v) is 4.78. The van der Waals surface area contributed by atoms with E-state index in [1.54, 1.807) is 32.3 Å². The monoisotopic (exact) mass is 347 g/mol. The van der Waals surface area contributed by atoms with E-state index in [-0.39, 0.29) is 11.8 Å². The molecule has 6 heteroatoms. The van der Waals surface area contributed by atoms with Gasteiger partial charge in [-0.15, -0.1) is 0 Å². The highest BCUT2D eigenvalue weighted by molar-refractivity contribution is 5.97. The molecule has 1 fully saturated rings. The average molecular weight is 347 g/mol. The van der Waals surface area contributed by atoms with Crippen LogP contribution in [0.4, 0.5) is 5.69 Å². The van der Waals surface area contributed by atoms with E-state index >= 15 is 0 Å². The van der Waals surface area contributed by atoms with Gasteiger partial charge in [-0.05, 0) is 56.0 Å². The zero-order valence-corrected chi connectivity index (χ0v) is 15.6. The van der Waals surface area contributed by atoms with Crippen LogP contribution in [0.15, 0.2) is 18.2 Å². The lowest BCUT2D eigenvalue weighted by Gasteiger charge is -2.28. The number of carbonyl (C=O) groups is 2. The first kappa shape index (κ1) is 19.2. The number of methoxy groups -OCH3 is 1. The topological polar surface area (TPSA) is 70.7 Å². The Morgan fingerprint density at radius 3 is 2.76 bits per heavy atom. The summed E-state index contributed by atoms with van der Waals surface area (Å²) in [6, 6.07) is 5.08. The number of piperidine rings is 1. The quantitative estimate of drug-likeness (QED) is 0.829. The zero-order valence-electron chi connectivity index (χ0n) is 15.6. The fourth-order valence-corrected chi connectivity index (χ4v) is 3.21. The van der Waals surface area contributed by atoms with Gasteiger partial charge in [0.05, 0.1) is 12.8 Å². The van der Waals surface area contributed by atoms with Crippen molar-refractivity contribution >= 4 is 17.5 Å². The average Bonchev–Trinajstić information content (AvgIpc) is 2.61. The third kappa shape index (κ3) is 5.19. The van der Waals surface area contributed by atoms with Crippen molar-refractivity contribution in [3.63, 3.8) is 0 Å². The van der Waals surface area contributed by atoms with Crippen LogP contribution in [0.2, 0.25) is 0 Å². The Hall–Kier alpha value is -2.08. The summed E-state index contributed by atoms with van der Waals surface area (Å²) in [7, 11) is 4.93. The third-order valence-electron chi connectivity index (χ3n) is 4.78. The Bertz CT molecular complexity index is 610. The fourth-order valence-electron chi connectivity index (χ4n) is 3.21. The van der Waals surface area contributed by atoms with Gasteiger partial charge in [0.25, 0.3) is 5.91 Å². The molecule has 2 N–H and O–H groups in total. The van der Waals surface area contributed by atoms with Gasteiger partial charge in [-0.1, -0.05) is 6.92 Å². The summed E-state index contributed by atoms with van der Waals surface area (Å²) in [5.41, 5.74) is 1.12. The summed E-state index contributed by atoms with van der Waals surface area (Å²) in [5.74, 6) is 1.24. The first-order chi connectivity index (χ1) is 11.9. The molecule has 0 spiro atoms. The molecule has 1 saturated heterocycles. The highest BCUT2D eigenvalue weighted by Crippen LogP contribution is 2.28. The van der Waals surface area contributed by atoms with Crippen LogP contribution in [0.1, 0.15) is 36.5 Å². The van der Waals surface area contributed by atoms with E-state index in [0.717, 1.165) is 13.1 Å². The second-order valence-corrected chi connectivity index (χ2v) is 6.95. The summed E-state index contributed by atoms with van der Waals surface area (Å²) in [6.45, 7) is 4.19. The highest BCUT2D eigenvalue weighted by atomic mass is 16.5. The first-order valence-corrected chi connectivity index (χ1v) is 8.82. The second kappa shape index (κ2) is 8.85. The minimum absolute atomic E-state index is 0.0249. The number of ether oxygens (including phenoxy) is 1.